The van der Waals surface area contributed by atoms with E-state index in [0.29, 0.717) is 17.4 Å². The monoisotopic (exact) mass is 538 g/mol. The van der Waals surface area contributed by atoms with Gasteiger partial charge in [-0.15, -0.1) is 24.0 Å². The van der Waals surface area contributed by atoms with E-state index < -0.39 is 9.84 Å². The number of benzene rings is 1. The van der Waals surface area contributed by atoms with Crippen LogP contribution in [0.5, 0.6) is 0 Å². The molecule has 1 saturated heterocycles. The number of hydrogen-bond acceptors (Lipinski definition) is 5. The molecule has 1 aromatic rings. The largest absolute Gasteiger partial charge is 0.379 e. The molecule has 3 N–H and O–H groups in total. The SMILES string of the molecule is CC(C)(C)c1ccc(S(=O)(=O)CCNC(N)=NCCCN2CCOCC2)cc1.I. The first-order valence-corrected chi connectivity index (χ1v) is 11.5. The minimum absolute atomic E-state index is 0. The van der Waals surface area contributed by atoms with Crippen molar-refractivity contribution in [2.24, 2.45) is 10.7 Å². The highest BCUT2D eigenvalue weighted by atomic mass is 127. The summed E-state index contributed by atoms with van der Waals surface area (Å²) in [4.78, 5) is 6.95. The zero-order valence-corrected chi connectivity index (χ0v) is 20.8. The predicted molar refractivity (Wildman–Crippen MR) is 129 cm³/mol. The standard InChI is InChI=1S/C20H34N4O3S.HI/c1-20(2,3)17-5-7-18(8-6-17)28(25,26)16-10-23-19(21)22-9-4-11-24-12-14-27-15-13-24;/h5-8H,4,9-16H2,1-3H3,(H3,21,22,23);1H. The minimum Gasteiger partial charge on any atom is -0.379 e. The molecular formula is C20H35IN4O3S. The molecule has 7 nitrogen and oxygen atoms in total. The predicted octanol–water partition coefficient (Wildman–Crippen LogP) is 2.00. The fourth-order valence-corrected chi connectivity index (χ4v) is 4.13. The van der Waals surface area contributed by atoms with Crippen LogP contribution in [-0.4, -0.2) is 71.0 Å². The third-order valence-corrected chi connectivity index (χ3v) is 6.51. The molecule has 2 rings (SSSR count). The average molecular weight is 538 g/mol. The van der Waals surface area contributed by atoms with Crippen LogP contribution < -0.4 is 11.1 Å². The lowest BCUT2D eigenvalue weighted by atomic mass is 9.87. The molecule has 0 spiro atoms. The van der Waals surface area contributed by atoms with Crippen molar-refractivity contribution in [2.75, 3.05) is 51.7 Å². The molecule has 9 heteroatoms. The van der Waals surface area contributed by atoms with Gasteiger partial charge < -0.3 is 15.8 Å². The van der Waals surface area contributed by atoms with E-state index in [9.17, 15) is 8.42 Å². The summed E-state index contributed by atoms with van der Waals surface area (Å²) in [5.41, 5.74) is 6.95. The number of sulfone groups is 1. The van der Waals surface area contributed by atoms with Crippen molar-refractivity contribution in [1.82, 2.24) is 10.2 Å². The fourth-order valence-electron chi connectivity index (χ4n) is 2.97. The van der Waals surface area contributed by atoms with Gasteiger partial charge in [-0.2, -0.15) is 0 Å². The molecule has 0 unspecified atom stereocenters. The Balaban J connectivity index is 0.00000420. The Morgan fingerprint density at radius 1 is 1.21 bits per heavy atom. The number of ether oxygens (including phenoxy) is 1. The molecule has 166 valence electrons. The molecule has 0 aromatic heterocycles. The molecule has 0 radical (unpaired) electrons. The first kappa shape index (κ1) is 26.1. The van der Waals surface area contributed by atoms with Gasteiger partial charge in [0.2, 0.25) is 0 Å². The minimum atomic E-state index is -3.35. The van der Waals surface area contributed by atoms with Gasteiger partial charge in [0, 0.05) is 32.7 Å². The van der Waals surface area contributed by atoms with Crippen LogP contribution in [0.25, 0.3) is 0 Å². The average Bonchev–Trinajstić information content (AvgIpc) is 2.65. The quantitative estimate of drug-likeness (QED) is 0.228. The Labute approximate surface area is 192 Å². The van der Waals surface area contributed by atoms with Crippen LogP contribution in [0.3, 0.4) is 0 Å². The molecule has 0 amide bonds. The summed E-state index contributed by atoms with van der Waals surface area (Å²) in [5, 5.41) is 2.90. The molecule has 1 fully saturated rings. The number of nitrogens with one attached hydrogen (secondary N) is 1. The Kier molecular flexibility index (Phi) is 10.9. The molecule has 1 heterocycles. The molecule has 1 aromatic carbocycles. The summed E-state index contributed by atoms with van der Waals surface area (Å²) in [6.45, 7) is 11.6. The summed E-state index contributed by atoms with van der Waals surface area (Å²) >= 11 is 0. The molecular weight excluding hydrogens is 503 g/mol. The van der Waals surface area contributed by atoms with Crippen LogP contribution in [-0.2, 0) is 20.0 Å². The second-order valence-electron chi connectivity index (χ2n) is 8.09. The maximum Gasteiger partial charge on any atom is 0.188 e. The molecule has 1 aliphatic heterocycles. The lowest BCUT2D eigenvalue weighted by molar-refractivity contribution is 0.0377. The van der Waals surface area contributed by atoms with Gasteiger partial charge in [0.05, 0.1) is 23.9 Å². The Morgan fingerprint density at radius 3 is 2.41 bits per heavy atom. The first-order valence-electron chi connectivity index (χ1n) is 9.86. The normalized spacial score (nSPS) is 16.3. The van der Waals surface area contributed by atoms with Gasteiger partial charge in [0.15, 0.2) is 15.8 Å². The van der Waals surface area contributed by atoms with Crippen LogP contribution in [0.2, 0.25) is 0 Å². The summed E-state index contributed by atoms with van der Waals surface area (Å²) in [5.74, 6) is 0.270. The third kappa shape index (κ3) is 9.18. The van der Waals surface area contributed by atoms with E-state index in [1.54, 1.807) is 12.1 Å². The number of aliphatic imine (C=N–C) groups is 1. The van der Waals surface area contributed by atoms with E-state index in [0.717, 1.165) is 44.8 Å². The number of guanidine groups is 1. The molecule has 29 heavy (non-hydrogen) atoms. The third-order valence-electron chi connectivity index (χ3n) is 4.77. The van der Waals surface area contributed by atoms with Gasteiger partial charge in [0.25, 0.3) is 0 Å². The highest BCUT2D eigenvalue weighted by Gasteiger charge is 2.17. The molecule has 0 aliphatic carbocycles. The zero-order valence-electron chi connectivity index (χ0n) is 17.7. The van der Waals surface area contributed by atoms with E-state index in [2.05, 4.69) is 36.0 Å². The van der Waals surface area contributed by atoms with E-state index in [-0.39, 0.29) is 41.7 Å². The number of nitrogens with zero attached hydrogens (tertiary/aromatic N) is 2. The smallest absolute Gasteiger partial charge is 0.188 e. The zero-order chi connectivity index (χ0) is 20.6. The fraction of sp³-hybridized carbons (Fsp3) is 0.650. The maximum absolute atomic E-state index is 12.5. The molecule has 1 aliphatic rings. The van der Waals surface area contributed by atoms with E-state index in [1.165, 1.54) is 0 Å². The van der Waals surface area contributed by atoms with E-state index >= 15 is 0 Å². The summed E-state index contributed by atoms with van der Waals surface area (Å²) in [6.07, 6.45) is 0.917. The van der Waals surface area contributed by atoms with Crippen molar-refractivity contribution in [1.29, 1.82) is 0 Å². The van der Waals surface area contributed by atoms with Gasteiger partial charge in [-0.1, -0.05) is 32.9 Å². The lowest BCUT2D eigenvalue weighted by Crippen LogP contribution is -2.37. The van der Waals surface area contributed by atoms with Crippen LogP contribution in [0.15, 0.2) is 34.2 Å². The molecule has 0 atom stereocenters. The van der Waals surface area contributed by atoms with Crippen LogP contribution in [0, 0.1) is 0 Å². The second-order valence-corrected chi connectivity index (χ2v) is 10.2. The van der Waals surface area contributed by atoms with Crippen molar-refractivity contribution >= 4 is 39.8 Å². The van der Waals surface area contributed by atoms with Crippen molar-refractivity contribution in [3.8, 4) is 0 Å². The first-order chi connectivity index (χ1) is 13.2. The topological polar surface area (TPSA) is 97.0 Å². The highest BCUT2D eigenvalue weighted by molar-refractivity contribution is 14.0. The van der Waals surface area contributed by atoms with Gasteiger partial charge in [-0.25, -0.2) is 8.42 Å². The number of rotatable bonds is 8. The van der Waals surface area contributed by atoms with Crippen LogP contribution in [0.4, 0.5) is 0 Å². The van der Waals surface area contributed by atoms with Crippen molar-refractivity contribution in [2.45, 2.75) is 37.5 Å². The van der Waals surface area contributed by atoms with Gasteiger partial charge in [-0.05, 0) is 29.5 Å². The van der Waals surface area contributed by atoms with Gasteiger partial charge in [0.1, 0.15) is 0 Å². The Bertz CT molecular complexity index is 740. The maximum atomic E-state index is 12.5. The molecule has 0 bridgehead atoms. The van der Waals surface area contributed by atoms with Crippen LogP contribution >= 0.6 is 24.0 Å². The summed E-state index contributed by atoms with van der Waals surface area (Å²) in [6, 6.07) is 7.12. The van der Waals surface area contributed by atoms with Gasteiger partial charge in [-0.3, -0.25) is 9.89 Å². The summed E-state index contributed by atoms with van der Waals surface area (Å²) in [7, 11) is -3.35. The second kappa shape index (κ2) is 12.1. The van der Waals surface area contributed by atoms with E-state index in [1.807, 2.05) is 12.1 Å². The summed E-state index contributed by atoms with van der Waals surface area (Å²) < 4.78 is 30.3. The number of halogens is 1. The van der Waals surface area contributed by atoms with Crippen molar-refractivity contribution in [3.05, 3.63) is 29.8 Å². The number of nitrogens with two attached hydrogens (primary N) is 1. The van der Waals surface area contributed by atoms with Crippen molar-refractivity contribution in [3.63, 3.8) is 0 Å². The molecule has 0 saturated carbocycles. The van der Waals surface area contributed by atoms with Crippen molar-refractivity contribution < 1.29 is 13.2 Å². The van der Waals surface area contributed by atoms with Gasteiger partial charge >= 0.3 is 0 Å². The highest BCUT2D eigenvalue weighted by Crippen LogP contribution is 2.23. The Hall–Kier alpha value is -0.910. The number of hydrogen-bond donors (Lipinski definition) is 2. The lowest BCUT2D eigenvalue weighted by Gasteiger charge is -2.26. The van der Waals surface area contributed by atoms with E-state index in [4.69, 9.17) is 10.5 Å². The Morgan fingerprint density at radius 2 is 1.83 bits per heavy atom. The number of morpholine rings is 1. The van der Waals surface area contributed by atoms with Crippen LogP contribution in [0.1, 0.15) is 32.8 Å².